The largest absolute Gasteiger partial charge is 0.436 e. The first kappa shape index (κ1) is 8.12. The van der Waals surface area contributed by atoms with Gasteiger partial charge >= 0.3 is 5.17 Å². The molecular weight excluding hydrogens is 186 g/mol. The lowest BCUT2D eigenvalue weighted by atomic mass is 10.2. The van der Waals surface area contributed by atoms with Crippen molar-refractivity contribution in [3.8, 4) is 0 Å². The summed E-state index contributed by atoms with van der Waals surface area (Å²) in [7, 11) is 0. The molecule has 0 radical (unpaired) electrons. The zero-order valence-corrected chi connectivity index (χ0v) is 7.49. The number of nitrogen functional groups attached to an aromatic ring is 1. The van der Waals surface area contributed by atoms with Crippen LogP contribution in [-0.4, -0.2) is 5.17 Å². The van der Waals surface area contributed by atoms with E-state index in [1.165, 1.54) is 0 Å². The highest BCUT2D eigenvalue weighted by molar-refractivity contribution is 7.80. The fraction of sp³-hybridized carbons (Fsp3) is 0.125. The van der Waals surface area contributed by atoms with E-state index in [1.807, 2.05) is 12.1 Å². The molecule has 66 valence electrons. The van der Waals surface area contributed by atoms with Crippen LogP contribution >= 0.6 is 12.2 Å². The Morgan fingerprint density at radius 3 is 2.54 bits per heavy atom. The molecule has 2 rings (SSSR count). The number of anilines is 1. The van der Waals surface area contributed by atoms with Gasteiger partial charge in [-0.25, -0.2) is 0 Å². The molecule has 0 saturated carbocycles. The van der Waals surface area contributed by atoms with Crippen LogP contribution in [0, 0.1) is 0 Å². The van der Waals surface area contributed by atoms with Gasteiger partial charge in [0.15, 0.2) is 0 Å². The van der Waals surface area contributed by atoms with Crippen LogP contribution in [0.3, 0.4) is 0 Å². The van der Waals surface area contributed by atoms with E-state index in [9.17, 15) is 0 Å². The van der Waals surface area contributed by atoms with Crippen LogP contribution < -0.4 is 5.73 Å². The van der Waals surface area contributed by atoms with Crippen LogP contribution in [0.4, 0.5) is 5.69 Å². The summed E-state index contributed by atoms with van der Waals surface area (Å²) in [6.45, 7) is 0. The zero-order valence-electron chi connectivity index (χ0n) is 6.68. The molecule has 1 atom stereocenters. The number of benzene rings is 1. The van der Waals surface area contributed by atoms with Crippen molar-refractivity contribution >= 4 is 23.1 Å². The average molecular weight is 193 g/mol. The van der Waals surface area contributed by atoms with Gasteiger partial charge in [0.25, 0.3) is 0 Å². The second kappa shape index (κ2) is 3.10. The SMILES string of the molecule is Nc1ccc(C2N=NC(=S)O2)cc1. The second-order valence-electron chi connectivity index (χ2n) is 2.62. The van der Waals surface area contributed by atoms with Gasteiger partial charge in [-0.05, 0) is 24.4 Å². The van der Waals surface area contributed by atoms with Crippen LogP contribution in [-0.2, 0) is 4.74 Å². The Hall–Kier alpha value is -1.49. The molecule has 0 aromatic heterocycles. The molecule has 1 heterocycles. The van der Waals surface area contributed by atoms with E-state index in [0.29, 0.717) is 5.69 Å². The van der Waals surface area contributed by atoms with Crippen LogP contribution in [0.2, 0.25) is 0 Å². The number of nitrogens with zero attached hydrogens (tertiary/aromatic N) is 2. The summed E-state index contributed by atoms with van der Waals surface area (Å²) in [5.74, 6) is 0. The maximum atomic E-state index is 5.53. The molecule has 4 nitrogen and oxygen atoms in total. The second-order valence-corrected chi connectivity index (χ2v) is 2.97. The summed E-state index contributed by atoms with van der Waals surface area (Å²) in [6, 6.07) is 7.26. The first-order valence-corrected chi connectivity index (χ1v) is 4.13. The van der Waals surface area contributed by atoms with Gasteiger partial charge in [-0.2, -0.15) is 0 Å². The van der Waals surface area contributed by atoms with Gasteiger partial charge in [0.05, 0.1) is 0 Å². The number of nitrogens with two attached hydrogens (primary N) is 1. The van der Waals surface area contributed by atoms with Gasteiger partial charge in [-0.1, -0.05) is 12.1 Å². The molecule has 1 aromatic carbocycles. The molecule has 2 N–H and O–H groups in total. The Morgan fingerprint density at radius 2 is 2.00 bits per heavy atom. The van der Waals surface area contributed by atoms with Gasteiger partial charge in [-0.3, -0.25) is 0 Å². The number of thiocarbonyl (C=S) groups is 1. The maximum absolute atomic E-state index is 5.53. The highest BCUT2D eigenvalue weighted by Crippen LogP contribution is 2.25. The molecule has 0 saturated heterocycles. The smallest absolute Gasteiger partial charge is 0.304 e. The van der Waals surface area contributed by atoms with Crippen molar-refractivity contribution in [2.45, 2.75) is 6.23 Å². The normalized spacial score (nSPS) is 20.3. The van der Waals surface area contributed by atoms with E-state index in [1.54, 1.807) is 12.1 Å². The van der Waals surface area contributed by atoms with Crippen molar-refractivity contribution in [3.05, 3.63) is 29.8 Å². The first-order valence-electron chi connectivity index (χ1n) is 3.72. The summed E-state index contributed by atoms with van der Waals surface area (Å²) in [6.07, 6.45) is -0.395. The minimum absolute atomic E-state index is 0.182. The molecular formula is C8H7N3OS. The van der Waals surface area contributed by atoms with Crippen molar-refractivity contribution in [1.29, 1.82) is 0 Å². The highest BCUT2D eigenvalue weighted by Gasteiger charge is 2.18. The minimum Gasteiger partial charge on any atom is -0.436 e. The van der Waals surface area contributed by atoms with E-state index in [0.717, 1.165) is 5.56 Å². The molecule has 0 aliphatic carbocycles. The van der Waals surface area contributed by atoms with E-state index in [4.69, 9.17) is 22.7 Å². The molecule has 1 aliphatic rings. The average Bonchev–Trinajstić information content (AvgIpc) is 2.53. The quantitative estimate of drug-likeness (QED) is 0.548. The molecule has 5 heteroatoms. The third-order valence-corrected chi connectivity index (χ3v) is 1.86. The van der Waals surface area contributed by atoms with Crippen LogP contribution in [0.5, 0.6) is 0 Å². The van der Waals surface area contributed by atoms with Crippen molar-refractivity contribution in [1.82, 2.24) is 0 Å². The molecule has 1 unspecified atom stereocenters. The van der Waals surface area contributed by atoms with Crippen molar-refractivity contribution in [3.63, 3.8) is 0 Å². The van der Waals surface area contributed by atoms with Crippen LogP contribution in [0.1, 0.15) is 11.8 Å². The lowest BCUT2D eigenvalue weighted by Crippen LogP contribution is -1.98. The molecule has 1 aromatic rings. The summed E-state index contributed by atoms with van der Waals surface area (Å²) < 4.78 is 5.14. The van der Waals surface area contributed by atoms with Gasteiger partial charge in [0.1, 0.15) is 0 Å². The van der Waals surface area contributed by atoms with Gasteiger partial charge < -0.3 is 10.5 Å². The summed E-state index contributed by atoms with van der Waals surface area (Å²) in [4.78, 5) is 0. The minimum atomic E-state index is -0.395. The predicted octanol–water partition coefficient (Wildman–Crippen LogP) is 2.03. The maximum Gasteiger partial charge on any atom is 0.304 e. The first-order chi connectivity index (χ1) is 6.25. The van der Waals surface area contributed by atoms with E-state index in [2.05, 4.69) is 10.2 Å². The van der Waals surface area contributed by atoms with Gasteiger partial charge in [0, 0.05) is 11.3 Å². The van der Waals surface area contributed by atoms with Gasteiger partial charge in [-0.15, -0.1) is 10.2 Å². The standard InChI is InChI=1S/C8H7N3OS/c9-6-3-1-5(2-4-6)7-10-11-8(13)12-7/h1-4,7H,9H2. The fourth-order valence-corrected chi connectivity index (χ4v) is 1.18. The fourth-order valence-electron chi connectivity index (χ4n) is 1.04. The molecule has 13 heavy (non-hydrogen) atoms. The molecule has 1 aliphatic heterocycles. The number of hydrogen-bond acceptors (Lipinski definition) is 4. The lowest BCUT2D eigenvalue weighted by molar-refractivity contribution is 0.227. The Balaban J connectivity index is 2.22. The summed E-state index contributed by atoms with van der Waals surface area (Å²) in [5, 5.41) is 7.64. The van der Waals surface area contributed by atoms with Crippen molar-refractivity contribution < 1.29 is 4.74 Å². The molecule has 0 spiro atoms. The highest BCUT2D eigenvalue weighted by atomic mass is 32.1. The Bertz CT molecular complexity index is 360. The molecule has 0 bridgehead atoms. The number of rotatable bonds is 1. The Morgan fingerprint density at radius 1 is 1.31 bits per heavy atom. The van der Waals surface area contributed by atoms with E-state index < -0.39 is 6.23 Å². The van der Waals surface area contributed by atoms with Gasteiger partial charge in [0.2, 0.25) is 6.23 Å². The van der Waals surface area contributed by atoms with Crippen LogP contribution in [0.15, 0.2) is 34.5 Å². The summed E-state index contributed by atoms with van der Waals surface area (Å²) >= 11 is 4.71. The Labute approximate surface area is 80.4 Å². The topological polar surface area (TPSA) is 60.0 Å². The van der Waals surface area contributed by atoms with Crippen molar-refractivity contribution in [2.24, 2.45) is 10.2 Å². The monoisotopic (exact) mass is 193 g/mol. The van der Waals surface area contributed by atoms with E-state index >= 15 is 0 Å². The van der Waals surface area contributed by atoms with Crippen molar-refractivity contribution in [2.75, 3.05) is 5.73 Å². The van der Waals surface area contributed by atoms with E-state index in [-0.39, 0.29) is 5.17 Å². The van der Waals surface area contributed by atoms with Crippen LogP contribution in [0.25, 0.3) is 0 Å². The number of azo groups is 1. The lowest BCUT2D eigenvalue weighted by Gasteiger charge is -2.05. The summed E-state index contributed by atoms with van der Waals surface area (Å²) in [5.41, 5.74) is 7.14. The number of ether oxygens (including phenoxy) is 1. The molecule has 0 amide bonds. The Kier molecular flexibility index (Phi) is 1.94. The number of hydrogen-bond donors (Lipinski definition) is 1. The third-order valence-electron chi connectivity index (χ3n) is 1.68. The third kappa shape index (κ3) is 1.65. The molecule has 0 fully saturated rings. The zero-order chi connectivity index (χ0) is 9.26. The predicted molar refractivity (Wildman–Crippen MR) is 52.1 cm³/mol.